The molecule has 33 heavy (non-hydrogen) atoms. The highest BCUT2D eigenvalue weighted by Crippen LogP contribution is 2.36. The number of alkyl carbamates (subject to hydrolysis) is 1. The minimum Gasteiger partial charge on any atom is -0.444 e. The lowest BCUT2D eigenvalue weighted by atomic mass is 9.99. The van der Waals surface area contributed by atoms with Crippen LogP contribution in [0.25, 0.3) is 0 Å². The maximum Gasteiger partial charge on any atom is 0.407 e. The van der Waals surface area contributed by atoms with Gasteiger partial charge in [0.2, 0.25) is 0 Å². The normalized spacial score (nSPS) is 13.5. The molecule has 2 aromatic rings. The number of hydrogen-bond donors (Lipinski definition) is 1. The number of ether oxygens (including phenoxy) is 1. The number of carbonyl (C=O) groups excluding carboxylic acids is 1. The monoisotopic (exact) mass is 473 g/mol. The van der Waals surface area contributed by atoms with Crippen LogP contribution < -0.4 is 5.32 Å². The number of amides is 1. The number of hydrogen-bond acceptors (Lipinski definition) is 3. The molecule has 1 atom stereocenters. The van der Waals surface area contributed by atoms with Crippen molar-refractivity contribution in [3.05, 3.63) is 71.0 Å². The van der Waals surface area contributed by atoms with E-state index >= 15 is 0 Å². The Kier molecular flexibility index (Phi) is 8.88. The molecule has 0 spiro atoms. The SMILES string of the molecule is CC(C)(C)OC(=O)N[C@H](CO[Si](C)(C)C(C)(C)C)Cc1cc(F)cc(Cc2ccccc2)c1. The first-order valence-electron chi connectivity index (χ1n) is 11.6. The predicted octanol–water partition coefficient (Wildman–Crippen LogP) is 6.87. The first-order chi connectivity index (χ1) is 15.1. The lowest BCUT2D eigenvalue weighted by molar-refractivity contribution is 0.0485. The van der Waals surface area contributed by atoms with Crippen LogP contribution in [0.3, 0.4) is 0 Å². The Balaban J connectivity index is 2.21. The molecule has 0 heterocycles. The van der Waals surface area contributed by atoms with Gasteiger partial charge in [-0.25, -0.2) is 9.18 Å². The van der Waals surface area contributed by atoms with E-state index in [2.05, 4.69) is 39.2 Å². The minimum absolute atomic E-state index is 0.0468. The Morgan fingerprint density at radius 3 is 2.15 bits per heavy atom. The summed E-state index contributed by atoms with van der Waals surface area (Å²) in [6.07, 6.45) is 0.608. The topological polar surface area (TPSA) is 47.6 Å². The number of carbonyl (C=O) groups is 1. The van der Waals surface area contributed by atoms with Crippen molar-refractivity contribution in [1.29, 1.82) is 0 Å². The quantitative estimate of drug-likeness (QED) is 0.425. The molecule has 4 nitrogen and oxygen atoms in total. The largest absolute Gasteiger partial charge is 0.444 e. The maximum atomic E-state index is 14.5. The molecule has 0 aliphatic rings. The van der Waals surface area contributed by atoms with Crippen LogP contribution in [0.15, 0.2) is 48.5 Å². The Morgan fingerprint density at radius 2 is 1.58 bits per heavy atom. The first kappa shape index (κ1) is 27.1. The summed E-state index contributed by atoms with van der Waals surface area (Å²) < 4.78 is 26.3. The summed E-state index contributed by atoms with van der Waals surface area (Å²) in [5.74, 6) is -0.278. The molecule has 0 aromatic heterocycles. The summed E-state index contributed by atoms with van der Waals surface area (Å²) in [5, 5.41) is 3.00. The fourth-order valence-electron chi connectivity index (χ4n) is 3.20. The van der Waals surface area contributed by atoms with Gasteiger partial charge < -0.3 is 14.5 Å². The molecule has 1 N–H and O–H groups in total. The second kappa shape index (κ2) is 10.8. The molecule has 0 radical (unpaired) electrons. The lowest BCUT2D eigenvalue weighted by Crippen LogP contribution is -2.48. The lowest BCUT2D eigenvalue weighted by Gasteiger charge is -2.37. The van der Waals surface area contributed by atoms with E-state index in [1.54, 1.807) is 6.07 Å². The van der Waals surface area contributed by atoms with E-state index in [1.807, 2.05) is 57.2 Å². The molecule has 0 saturated heterocycles. The molecular weight excluding hydrogens is 433 g/mol. The maximum absolute atomic E-state index is 14.5. The van der Waals surface area contributed by atoms with Gasteiger partial charge in [0.05, 0.1) is 12.6 Å². The second-order valence-electron chi connectivity index (χ2n) is 11.2. The van der Waals surface area contributed by atoms with Crippen molar-refractivity contribution in [2.75, 3.05) is 6.61 Å². The Hall–Kier alpha value is -2.18. The molecule has 0 unspecified atom stereocenters. The van der Waals surface area contributed by atoms with Crippen LogP contribution in [0, 0.1) is 5.82 Å². The van der Waals surface area contributed by atoms with Crippen molar-refractivity contribution >= 4 is 14.4 Å². The van der Waals surface area contributed by atoms with Crippen molar-refractivity contribution in [2.24, 2.45) is 0 Å². The summed E-state index contributed by atoms with van der Waals surface area (Å²) >= 11 is 0. The molecule has 2 aromatic carbocycles. The zero-order chi connectivity index (χ0) is 24.9. The van der Waals surface area contributed by atoms with Gasteiger partial charge in [-0.05, 0) is 80.6 Å². The van der Waals surface area contributed by atoms with Gasteiger partial charge in [-0.3, -0.25) is 0 Å². The Morgan fingerprint density at radius 1 is 0.970 bits per heavy atom. The highest BCUT2D eigenvalue weighted by Gasteiger charge is 2.37. The van der Waals surface area contributed by atoms with Crippen molar-refractivity contribution in [3.8, 4) is 0 Å². The fourth-order valence-corrected chi connectivity index (χ4v) is 4.26. The van der Waals surface area contributed by atoms with E-state index in [0.29, 0.717) is 19.4 Å². The fraction of sp³-hybridized carbons (Fsp3) is 0.519. The Bertz CT molecular complexity index is 917. The molecule has 0 aliphatic heterocycles. The molecule has 0 aliphatic carbocycles. The summed E-state index contributed by atoms with van der Waals surface area (Å²) in [6.45, 7) is 16.7. The second-order valence-corrected chi connectivity index (χ2v) is 16.1. The number of benzene rings is 2. The highest BCUT2D eigenvalue weighted by atomic mass is 28.4. The third kappa shape index (κ3) is 9.30. The van der Waals surface area contributed by atoms with Crippen LogP contribution in [-0.2, 0) is 22.0 Å². The van der Waals surface area contributed by atoms with Crippen LogP contribution in [0.5, 0.6) is 0 Å². The number of halogens is 1. The molecular formula is C27H40FNO3Si. The standard InChI is InChI=1S/C27H40FNO3Si/c1-26(2,3)32-25(30)29-24(19-31-33(7,8)27(4,5)6)18-22-15-21(16-23(28)17-22)14-20-12-10-9-11-13-20/h9-13,15-17,24H,14,18-19H2,1-8H3,(H,29,30)/t24-/m0/s1. The van der Waals surface area contributed by atoms with Gasteiger partial charge in [-0.1, -0.05) is 57.2 Å². The van der Waals surface area contributed by atoms with Crippen LogP contribution >= 0.6 is 0 Å². The molecule has 2 rings (SSSR count). The van der Waals surface area contributed by atoms with E-state index < -0.39 is 20.0 Å². The number of rotatable bonds is 8. The van der Waals surface area contributed by atoms with Gasteiger partial charge in [0, 0.05) is 0 Å². The van der Waals surface area contributed by atoms with E-state index in [-0.39, 0.29) is 16.9 Å². The predicted molar refractivity (Wildman–Crippen MR) is 136 cm³/mol. The zero-order valence-electron chi connectivity index (χ0n) is 21.4. The van der Waals surface area contributed by atoms with Crippen molar-refractivity contribution < 1.29 is 18.3 Å². The van der Waals surface area contributed by atoms with Gasteiger partial charge in [0.25, 0.3) is 0 Å². The van der Waals surface area contributed by atoms with Gasteiger partial charge in [-0.2, -0.15) is 0 Å². The third-order valence-corrected chi connectivity index (χ3v) is 10.4. The molecule has 0 fully saturated rings. The van der Waals surface area contributed by atoms with E-state index in [1.165, 1.54) is 6.07 Å². The minimum atomic E-state index is -2.02. The van der Waals surface area contributed by atoms with Crippen LogP contribution in [0.1, 0.15) is 58.2 Å². The molecule has 182 valence electrons. The van der Waals surface area contributed by atoms with Crippen LogP contribution in [0.2, 0.25) is 18.1 Å². The van der Waals surface area contributed by atoms with E-state index in [4.69, 9.17) is 9.16 Å². The average Bonchev–Trinajstić information content (AvgIpc) is 2.64. The molecule has 6 heteroatoms. The first-order valence-corrected chi connectivity index (χ1v) is 14.5. The Labute approximate surface area is 200 Å². The van der Waals surface area contributed by atoms with Crippen molar-refractivity contribution in [1.82, 2.24) is 5.32 Å². The van der Waals surface area contributed by atoms with Gasteiger partial charge in [-0.15, -0.1) is 0 Å². The number of nitrogens with one attached hydrogen (secondary N) is 1. The summed E-state index contributed by atoms with van der Waals surface area (Å²) in [5.41, 5.74) is 2.24. The van der Waals surface area contributed by atoms with Gasteiger partial charge in [0.1, 0.15) is 11.4 Å². The smallest absolute Gasteiger partial charge is 0.407 e. The summed E-state index contributed by atoms with van der Waals surface area (Å²) in [4.78, 5) is 12.5. The molecule has 0 saturated carbocycles. The van der Waals surface area contributed by atoms with E-state index in [9.17, 15) is 9.18 Å². The third-order valence-electron chi connectivity index (χ3n) is 5.92. The zero-order valence-corrected chi connectivity index (χ0v) is 22.4. The van der Waals surface area contributed by atoms with E-state index in [0.717, 1.165) is 16.7 Å². The average molecular weight is 474 g/mol. The van der Waals surface area contributed by atoms with Crippen LogP contribution in [0.4, 0.5) is 9.18 Å². The van der Waals surface area contributed by atoms with Gasteiger partial charge in [0.15, 0.2) is 8.32 Å². The van der Waals surface area contributed by atoms with Crippen LogP contribution in [-0.4, -0.2) is 32.7 Å². The summed E-state index contributed by atoms with van der Waals surface area (Å²) in [7, 11) is -2.02. The molecule has 0 bridgehead atoms. The highest BCUT2D eigenvalue weighted by molar-refractivity contribution is 6.74. The van der Waals surface area contributed by atoms with Crippen molar-refractivity contribution in [3.63, 3.8) is 0 Å². The summed E-state index contributed by atoms with van der Waals surface area (Å²) in [6, 6.07) is 14.8. The molecule has 1 amide bonds. The van der Waals surface area contributed by atoms with Gasteiger partial charge >= 0.3 is 6.09 Å². The van der Waals surface area contributed by atoms with Crippen molar-refractivity contribution in [2.45, 2.75) is 84.2 Å².